The number of nitrogens with zero attached hydrogens (tertiary/aromatic N) is 2. The van der Waals surface area contributed by atoms with Gasteiger partial charge in [-0.25, -0.2) is 0 Å². The number of alkyl halides is 3. The molecule has 0 bridgehead atoms. The van der Waals surface area contributed by atoms with Crippen LogP contribution in [0.25, 0.3) is 16.6 Å². The Morgan fingerprint density at radius 1 is 1.04 bits per heavy atom. The van der Waals surface area contributed by atoms with Crippen LogP contribution >= 0.6 is 0 Å². The normalized spacial score (nSPS) is 14.9. The van der Waals surface area contributed by atoms with E-state index in [0.717, 1.165) is 12.1 Å². The van der Waals surface area contributed by atoms with Gasteiger partial charge in [0.05, 0.1) is 17.2 Å². The molecule has 2 aromatic carbocycles. The monoisotopic (exact) mass is 388 g/mol. The molecule has 1 aromatic heterocycles. The molecule has 2 heterocycles. The lowest BCUT2D eigenvalue weighted by Crippen LogP contribution is -2.53. The first-order chi connectivity index (χ1) is 13.2. The van der Waals surface area contributed by atoms with Crippen LogP contribution in [0.3, 0.4) is 0 Å². The molecule has 1 N–H and O–H groups in total. The Morgan fingerprint density at radius 3 is 2.32 bits per heavy atom. The SMILES string of the molecule is O=C(c1ccc2c(c1)c(=O)ccn2-c1ccc(C(F)(F)F)cc1)N1CC(O)C1. The van der Waals surface area contributed by atoms with Crippen molar-refractivity contribution in [1.82, 2.24) is 9.47 Å². The molecule has 0 radical (unpaired) electrons. The molecule has 1 amide bonds. The first-order valence-corrected chi connectivity index (χ1v) is 8.54. The van der Waals surface area contributed by atoms with Gasteiger partial charge in [-0.3, -0.25) is 9.59 Å². The quantitative estimate of drug-likeness (QED) is 0.734. The Bertz CT molecular complexity index is 1110. The van der Waals surface area contributed by atoms with E-state index in [9.17, 15) is 27.9 Å². The van der Waals surface area contributed by atoms with Gasteiger partial charge in [-0.1, -0.05) is 0 Å². The molecule has 1 saturated heterocycles. The molecule has 1 fully saturated rings. The fourth-order valence-corrected chi connectivity index (χ4v) is 3.23. The number of aliphatic hydroxyl groups is 1. The Kier molecular flexibility index (Phi) is 4.23. The lowest BCUT2D eigenvalue weighted by atomic mass is 10.1. The van der Waals surface area contributed by atoms with Crippen LogP contribution in [0.4, 0.5) is 13.2 Å². The number of aliphatic hydroxyl groups excluding tert-OH is 1. The Hall–Kier alpha value is -3.13. The first-order valence-electron chi connectivity index (χ1n) is 8.54. The fraction of sp³-hybridized carbons (Fsp3) is 0.200. The number of hydrogen-bond acceptors (Lipinski definition) is 3. The van der Waals surface area contributed by atoms with Crippen molar-refractivity contribution >= 4 is 16.8 Å². The van der Waals surface area contributed by atoms with Crippen molar-refractivity contribution in [3.05, 3.63) is 76.1 Å². The lowest BCUT2D eigenvalue weighted by Gasteiger charge is -2.35. The summed E-state index contributed by atoms with van der Waals surface area (Å²) in [6, 6.07) is 10.6. The van der Waals surface area contributed by atoms with Crippen LogP contribution in [-0.4, -0.2) is 39.7 Å². The third-order valence-electron chi connectivity index (χ3n) is 4.77. The predicted octanol–water partition coefficient (Wildman–Crippen LogP) is 2.83. The van der Waals surface area contributed by atoms with Crippen LogP contribution in [0.1, 0.15) is 15.9 Å². The average Bonchev–Trinajstić information content (AvgIpc) is 2.64. The minimum Gasteiger partial charge on any atom is -0.389 e. The molecule has 3 aromatic rings. The van der Waals surface area contributed by atoms with E-state index in [1.54, 1.807) is 16.7 Å². The molecule has 0 atom stereocenters. The highest BCUT2D eigenvalue weighted by atomic mass is 19.4. The standard InChI is InChI=1S/C20H15F3N2O3/c21-20(22,23)13-2-4-14(5-3-13)25-8-7-18(27)16-9-12(1-6-17(16)25)19(28)24-10-15(26)11-24/h1-9,15,26H,10-11H2. The number of amides is 1. The number of rotatable bonds is 2. The van der Waals surface area contributed by atoms with Crippen molar-refractivity contribution in [3.63, 3.8) is 0 Å². The van der Waals surface area contributed by atoms with Crippen LogP contribution in [0.2, 0.25) is 0 Å². The number of carbonyl (C=O) groups excluding carboxylic acids is 1. The van der Waals surface area contributed by atoms with Crippen molar-refractivity contribution in [2.24, 2.45) is 0 Å². The van der Waals surface area contributed by atoms with Crippen LogP contribution in [0, 0.1) is 0 Å². The summed E-state index contributed by atoms with van der Waals surface area (Å²) in [5.74, 6) is -0.281. The second-order valence-corrected chi connectivity index (χ2v) is 6.69. The van der Waals surface area contributed by atoms with Gasteiger partial charge in [0.2, 0.25) is 0 Å². The molecule has 0 unspecified atom stereocenters. The third kappa shape index (κ3) is 3.16. The Labute approximate surface area is 157 Å². The maximum atomic E-state index is 12.8. The Morgan fingerprint density at radius 2 is 1.71 bits per heavy atom. The zero-order chi connectivity index (χ0) is 20.1. The molecule has 4 rings (SSSR count). The van der Waals surface area contributed by atoms with Gasteiger partial charge in [-0.15, -0.1) is 0 Å². The van der Waals surface area contributed by atoms with Crippen LogP contribution in [-0.2, 0) is 6.18 Å². The minimum absolute atomic E-state index is 0.251. The number of fused-ring (bicyclic) bond motifs is 1. The summed E-state index contributed by atoms with van der Waals surface area (Å²) in [6.07, 6.45) is -3.47. The number of carbonyl (C=O) groups is 1. The molecule has 28 heavy (non-hydrogen) atoms. The van der Waals surface area contributed by atoms with Crippen LogP contribution in [0.5, 0.6) is 0 Å². The van der Waals surface area contributed by atoms with E-state index in [2.05, 4.69) is 0 Å². The summed E-state index contributed by atoms with van der Waals surface area (Å²) >= 11 is 0. The topological polar surface area (TPSA) is 62.5 Å². The zero-order valence-corrected chi connectivity index (χ0v) is 14.5. The number of likely N-dealkylation sites (tertiary alicyclic amines) is 1. The average molecular weight is 388 g/mol. The highest BCUT2D eigenvalue weighted by molar-refractivity contribution is 5.98. The molecule has 1 aliphatic rings. The van der Waals surface area contributed by atoms with Crippen LogP contribution < -0.4 is 5.43 Å². The molecule has 0 spiro atoms. The van der Waals surface area contributed by atoms with E-state index >= 15 is 0 Å². The highest BCUT2D eigenvalue weighted by Gasteiger charge is 2.30. The summed E-state index contributed by atoms with van der Waals surface area (Å²) in [5.41, 5.74) is 0.208. The summed E-state index contributed by atoms with van der Waals surface area (Å²) in [6.45, 7) is 0.503. The number of β-amino-alcohol motifs (C(OH)–C–C–N with tert-alkyl or cyclic N) is 1. The minimum atomic E-state index is -4.43. The molecule has 8 heteroatoms. The predicted molar refractivity (Wildman–Crippen MR) is 96.5 cm³/mol. The first kappa shape index (κ1) is 18.2. The van der Waals surface area contributed by atoms with E-state index in [1.165, 1.54) is 35.4 Å². The van der Waals surface area contributed by atoms with Crippen LogP contribution in [0.15, 0.2) is 59.5 Å². The van der Waals surface area contributed by atoms with E-state index in [0.29, 0.717) is 16.8 Å². The summed E-state index contributed by atoms with van der Waals surface area (Å²) in [7, 11) is 0. The number of halogens is 3. The van der Waals surface area contributed by atoms with E-state index in [-0.39, 0.29) is 29.8 Å². The maximum absolute atomic E-state index is 12.8. The summed E-state index contributed by atoms with van der Waals surface area (Å²) in [5, 5.41) is 9.63. The van der Waals surface area contributed by atoms with Crippen molar-refractivity contribution in [2.45, 2.75) is 12.3 Å². The molecule has 0 saturated carbocycles. The number of aromatic nitrogens is 1. The van der Waals surface area contributed by atoms with E-state index < -0.39 is 17.8 Å². The van der Waals surface area contributed by atoms with Crippen molar-refractivity contribution in [1.29, 1.82) is 0 Å². The molecule has 1 aliphatic heterocycles. The second-order valence-electron chi connectivity index (χ2n) is 6.69. The smallest absolute Gasteiger partial charge is 0.389 e. The Balaban J connectivity index is 1.75. The van der Waals surface area contributed by atoms with Gasteiger partial charge < -0.3 is 14.6 Å². The van der Waals surface area contributed by atoms with E-state index in [1.807, 2.05) is 0 Å². The van der Waals surface area contributed by atoms with Crippen molar-refractivity contribution < 1.29 is 23.1 Å². The van der Waals surface area contributed by atoms with Crippen molar-refractivity contribution in [3.8, 4) is 5.69 Å². The lowest BCUT2D eigenvalue weighted by molar-refractivity contribution is -0.137. The summed E-state index contributed by atoms with van der Waals surface area (Å²) in [4.78, 5) is 26.2. The van der Waals surface area contributed by atoms with Gasteiger partial charge in [0.25, 0.3) is 5.91 Å². The largest absolute Gasteiger partial charge is 0.416 e. The fourth-order valence-electron chi connectivity index (χ4n) is 3.23. The van der Waals surface area contributed by atoms with Gasteiger partial charge in [-0.2, -0.15) is 13.2 Å². The third-order valence-corrected chi connectivity index (χ3v) is 4.77. The van der Waals surface area contributed by atoms with Gasteiger partial charge in [0.1, 0.15) is 0 Å². The molecular formula is C20H15F3N2O3. The number of benzene rings is 2. The number of hydrogen-bond donors (Lipinski definition) is 1. The van der Waals surface area contributed by atoms with Crippen molar-refractivity contribution in [2.75, 3.05) is 13.1 Å². The highest BCUT2D eigenvalue weighted by Crippen LogP contribution is 2.30. The molecular weight excluding hydrogens is 373 g/mol. The van der Waals surface area contributed by atoms with Gasteiger partial charge in [-0.05, 0) is 42.5 Å². The van der Waals surface area contributed by atoms with Gasteiger partial charge >= 0.3 is 6.18 Å². The second kappa shape index (κ2) is 6.49. The zero-order valence-electron chi connectivity index (χ0n) is 14.5. The molecule has 144 valence electrons. The molecule has 5 nitrogen and oxygen atoms in total. The summed E-state index contributed by atoms with van der Waals surface area (Å²) < 4.78 is 39.9. The van der Waals surface area contributed by atoms with E-state index in [4.69, 9.17) is 0 Å². The number of pyridine rings is 1. The van der Waals surface area contributed by atoms with Gasteiger partial charge in [0.15, 0.2) is 5.43 Å². The van der Waals surface area contributed by atoms with Gasteiger partial charge in [0, 0.05) is 42.0 Å². The molecule has 0 aliphatic carbocycles. The maximum Gasteiger partial charge on any atom is 0.416 e.